The summed E-state index contributed by atoms with van der Waals surface area (Å²) in [4.78, 5) is 5.01. The van der Waals surface area contributed by atoms with Crippen LogP contribution in [0.1, 0.15) is 83.3 Å². The van der Waals surface area contributed by atoms with E-state index in [9.17, 15) is 0 Å². The Hall–Kier alpha value is -0.410. The van der Waals surface area contributed by atoms with Crippen LogP contribution in [0.4, 0.5) is 0 Å². The molecule has 1 N–H and O–H groups in total. The lowest BCUT2D eigenvalue weighted by molar-refractivity contribution is 0.0592. The van der Waals surface area contributed by atoms with Gasteiger partial charge in [-0.25, -0.2) is 4.98 Å². The quantitative estimate of drug-likeness (QED) is 0.821. The summed E-state index contributed by atoms with van der Waals surface area (Å²) in [6.45, 7) is 12.6. The van der Waals surface area contributed by atoms with Crippen LogP contribution >= 0.6 is 11.3 Å². The fraction of sp³-hybridized carbons (Fsp3) is 0.824. The number of nitrogens with zero attached hydrogens (tertiary/aromatic N) is 1. The highest BCUT2D eigenvalue weighted by Crippen LogP contribution is 2.51. The van der Waals surface area contributed by atoms with Gasteiger partial charge in [-0.1, -0.05) is 47.5 Å². The Bertz CT molecular complexity index is 436. The molecule has 1 fully saturated rings. The molecule has 0 bridgehead atoms. The highest BCUT2D eigenvalue weighted by Gasteiger charge is 2.49. The largest absolute Gasteiger partial charge is 0.305 e. The molecule has 1 heterocycles. The predicted molar refractivity (Wildman–Crippen MR) is 88.4 cm³/mol. The summed E-state index contributed by atoms with van der Waals surface area (Å²) in [7, 11) is 0. The molecule has 0 radical (unpaired) electrons. The van der Waals surface area contributed by atoms with E-state index in [0.29, 0.717) is 5.92 Å². The first-order chi connectivity index (χ1) is 9.43. The number of nitrogens with one attached hydrogen (secondary N) is 1. The Morgan fingerprint density at radius 2 is 2.00 bits per heavy atom. The van der Waals surface area contributed by atoms with Gasteiger partial charge in [0, 0.05) is 5.38 Å². The summed E-state index contributed by atoms with van der Waals surface area (Å²) in [5.74, 6) is 0.523. The average Bonchev–Trinajstić information content (AvgIpc) is 2.87. The summed E-state index contributed by atoms with van der Waals surface area (Å²) in [5.41, 5.74) is 1.62. The lowest BCUT2D eigenvalue weighted by Gasteiger charge is -2.50. The molecular weight excluding hydrogens is 264 g/mol. The molecule has 0 amide bonds. The van der Waals surface area contributed by atoms with Gasteiger partial charge in [0.15, 0.2) is 0 Å². The second-order valence-electron chi connectivity index (χ2n) is 7.16. The fourth-order valence-electron chi connectivity index (χ4n) is 3.39. The molecule has 2 rings (SSSR count). The van der Waals surface area contributed by atoms with Gasteiger partial charge in [0.1, 0.15) is 5.01 Å². The third kappa shape index (κ3) is 2.80. The molecule has 114 valence electrons. The van der Waals surface area contributed by atoms with E-state index >= 15 is 0 Å². The standard InChI is InChI=1S/C17H30N2S/c1-6-11-18-17(10-8-7-9-16(17,4)5)15-19-14(12-20-15)13(2)3/h12-13,18H,6-11H2,1-5H3. The van der Waals surface area contributed by atoms with Crippen molar-refractivity contribution in [3.63, 3.8) is 0 Å². The van der Waals surface area contributed by atoms with Crippen molar-refractivity contribution in [2.45, 2.75) is 78.2 Å². The number of hydrogen-bond donors (Lipinski definition) is 1. The van der Waals surface area contributed by atoms with Gasteiger partial charge >= 0.3 is 0 Å². The van der Waals surface area contributed by atoms with Gasteiger partial charge in [-0.15, -0.1) is 11.3 Å². The van der Waals surface area contributed by atoms with Crippen molar-refractivity contribution in [2.24, 2.45) is 5.41 Å². The van der Waals surface area contributed by atoms with E-state index in [0.717, 1.165) is 6.54 Å². The monoisotopic (exact) mass is 294 g/mol. The third-order valence-corrected chi connectivity index (χ3v) is 5.94. The van der Waals surface area contributed by atoms with Gasteiger partial charge in [0.05, 0.1) is 11.2 Å². The number of aromatic nitrogens is 1. The maximum Gasteiger partial charge on any atom is 0.114 e. The normalized spacial score (nSPS) is 26.1. The van der Waals surface area contributed by atoms with Crippen molar-refractivity contribution in [1.82, 2.24) is 10.3 Å². The SMILES string of the molecule is CCCNC1(c2nc(C(C)C)cs2)CCCCC1(C)C. The van der Waals surface area contributed by atoms with Crippen LogP contribution in [0.3, 0.4) is 0 Å². The molecule has 20 heavy (non-hydrogen) atoms. The van der Waals surface area contributed by atoms with Crippen LogP contribution < -0.4 is 5.32 Å². The lowest BCUT2D eigenvalue weighted by Crippen LogP contribution is -2.55. The molecule has 1 saturated carbocycles. The average molecular weight is 295 g/mol. The van der Waals surface area contributed by atoms with Crippen molar-refractivity contribution in [1.29, 1.82) is 0 Å². The van der Waals surface area contributed by atoms with Crippen LogP contribution in [-0.4, -0.2) is 11.5 Å². The minimum absolute atomic E-state index is 0.0824. The van der Waals surface area contributed by atoms with Crippen LogP contribution in [0.25, 0.3) is 0 Å². The summed E-state index contributed by atoms with van der Waals surface area (Å²) in [5, 5.41) is 7.47. The second kappa shape index (κ2) is 6.15. The molecule has 1 aliphatic rings. The van der Waals surface area contributed by atoms with Crippen molar-refractivity contribution < 1.29 is 0 Å². The molecule has 0 spiro atoms. The third-order valence-electron chi connectivity index (χ3n) is 4.91. The zero-order chi connectivity index (χ0) is 14.8. The topological polar surface area (TPSA) is 24.9 Å². The lowest BCUT2D eigenvalue weighted by atomic mass is 9.63. The van der Waals surface area contributed by atoms with E-state index in [2.05, 4.69) is 45.3 Å². The maximum atomic E-state index is 5.01. The Morgan fingerprint density at radius 3 is 2.55 bits per heavy atom. The summed E-state index contributed by atoms with van der Waals surface area (Å²) in [6, 6.07) is 0. The Balaban J connectivity index is 2.39. The van der Waals surface area contributed by atoms with Crippen molar-refractivity contribution in [2.75, 3.05) is 6.54 Å². The number of rotatable bonds is 5. The molecular formula is C17H30N2S. The van der Waals surface area contributed by atoms with Crippen LogP contribution in [0.5, 0.6) is 0 Å². The molecule has 2 nitrogen and oxygen atoms in total. The maximum absolute atomic E-state index is 5.01. The Morgan fingerprint density at radius 1 is 1.30 bits per heavy atom. The molecule has 0 aromatic carbocycles. The first-order valence-corrected chi connectivity index (χ1v) is 9.02. The fourth-order valence-corrected chi connectivity index (χ4v) is 4.76. The zero-order valence-electron chi connectivity index (χ0n) is 13.8. The van der Waals surface area contributed by atoms with E-state index < -0.39 is 0 Å². The van der Waals surface area contributed by atoms with Crippen molar-refractivity contribution in [3.05, 3.63) is 16.1 Å². The van der Waals surface area contributed by atoms with Gasteiger partial charge in [0.25, 0.3) is 0 Å². The zero-order valence-corrected chi connectivity index (χ0v) is 14.6. The van der Waals surface area contributed by atoms with Crippen molar-refractivity contribution >= 4 is 11.3 Å². The van der Waals surface area contributed by atoms with E-state index in [1.54, 1.807) is 0 Å². The molecule has 3 heteroatoms. The Kier molecular flexibility index (Phi) is 4.91. The van der Waals surface area contributed by atoms with E-state index in [-0.39, 0.29) is 11.0 Å². The highest BCUT2D eigenvalue weighted by molar-refractivity contribution is 7.09. The van der Waals surface area contributed by atoms with E-state index in [4.69, 9.17) is 4.98 Å². The van der Waals surface area contributed by atoms with Crippen LogP contribution in [0.15, 0.2) is 5.38 Å². The van der Waals surface area contributed by atoms with Gasteiger partial charge in [-0.3, -0.25) is 0 Å². The molecule has 1 aliphatic carbocycles. The van der Waals surface area contributed by atoms with Crippen LogP contribution in [0.2, 0.25) is 0 Å². The first kappa shape index (κ1) is 16.0. The summed E-state index contributed by atoms with van der Waals surface area (Å²) < 4.78 is 0. The van der Waals surface area contributed by atoms with Crippen LogP contribution in [-0.2, 0) is 5.54 Å². The molecule has 0 saturated heterocycles. The molecule has 1 aromatic rings. The van der Waals surface area contributed by atoms with Gasteiger partial charge in [-0.2, -0.15) is 0 Å². The first-order valence-electron chi connectivity index (χ1n) is 8.14. The second-order valence-corrected chi connectivity index (χ2v) is 8.01. The van der Waals surface area contributed by atoms with Gasteiger partial charge in [0.2, 0.25) is 0 Å². The van der Waals surface area contributed by atoms with Crippen LogP contribution in [0, 0.1) is 5.41 Å². The summed E-state index contributed by atoms with van der Waals surface area (Å²) in [6.07, 6.45) is 6.37. The molecule has 1 unspecified atom stereocenters. The number of hydrogen-bond acceptors (Lipinski definition) is 3. The number of thiazole rings is 1. The van der Waals surface area contributed by atoms with Crippen molar-refractivity contribution in [3.8, 4) is 0 Å². The van der Waals surface area contributed by atoms with E-state index in [1.165, 1.54) is 42.8 Å². The molecule has 0 aliphatic heterocycles. The predicted octanol–water partition coefficient (Wildman–Crippen LogP) is 5.06. The highest BCUT2D eigenvalue weighted by atomic mass is 32.1. The minimum atomic E-state index is 0.0824. The molecule has 1 aromatic heterocycles. The smallest absolute Gasteiger partial charge is 0.114 e. The van der Waals surface area contributed by atoms with E-state index in [1.807, 2.05) is 11.3 Å². The van der Waals surface area contributed by atoms with Gasteiger partial charge in [-0.05, 0) is 37.1 Å². The summed E-state index contributed by atoms with van der Waals surface area (Å²) >= 11 is 1.86. The molecule has 1 atom stereocenters. The van der Waals surface area contributed by atoms with Gasteiger partial charge < -0.3 is 5.32 Å². The Labute approximate surface area is 128 Å². The minimum Gasteiger partial charge on any atom is -0.305 e.